The Balaban J connectivity index is 1.44. The van der Waals surface area contributed by atoms with Crippen LogP contribution in [0.15, 0.2) is 52.4 Å². The second-order valence-electron chi connectivity index (χ2n) is 4.22. The van der Waals surface area contributed by atoms with Gasteiger partial charge in [0.15, 0.2) is 5.16 Å². The zero-order valence-corrected chi connectivity index (χ0v) is 11.2. The number of benzene rings is 1. The lowest BCUT2D eigenvalue weighted by molar-refractivity contribution is 0.561. The van der Waals surface area contributed by atoms with E-state index >= 15 is 0 Å². The Hall–Kier alpha value is -1.72. The maximum atomic E-state index is 5.01. The van der Waals surface area contributed by atoms with Crippen molar-refractivity contribution in [1.29, 1.82) is 0 Å². The molecule has 0 radical (unpaired) electrons. The Bertz CT molecular complexity index is 600. The van der Waals surface area contributed by atoms with E-state index in [0.717, 1.165) is 35.0 Å². The van der Waals surface area contributed by atoms with Crippen molar-refractivity contribution in [2.24, 2.45) is 0 Å². The predicted molar refractivity (Wildman–Crippen MR) is 77.2 cm³/mol. The van der Waals surface area contributed by atoms with Crippen molar-refractivity contribution in [3.05, 3.63) is 48.4 Å². The minimum atomic E-state index is 0.844. The minimum absolute atomic E-state index is 0.844. The number of aromatic amines is 1. The highest BCUT2D eigenvalue weighted by atomic mass is 32.2. The topological polar surface area (TPSA) is 53.9 Å². The zero-order valence-electron chi connectivity index (χ0n) is 10.4. The van der Waals surface area contributed by atoms with Gasteiger partial charge in [0, 0.05) is 24.4 Å². The summed E-state index contributed by atoms with van der Waals surface area (Å²) in [6.45, 7) is 1.78. The molecule has 0 spiro atoms. The number of hydrogen-bond acceptors (Lipinski definition) is 4. The van der Waals surface area contributed by atoms with Gasteiger partial charge in [0.2, 0.25) is 0 Å². The van der Waals surface area contributed by atoms with E-state index in [9.17, 15) is 0 Å². The van der Waals surface area contributed by atoms with Crippen LogP contribution in [0.1, 0.15) is 5.56 Å². The number of nitrogens with zero attached hydrogens (tertiary/aromatic N) is 1. The van der Waals surface area contributed by atoms with Crippen LogP contribution in [0.2, 0.25) is 0 Å². The van der Waals surface area contributed by atoms with E-state index in [-0.39, 0.29) is 0 Å². The maximum Gasteiger partial charge on any atom is 0.166 e. The molecule has 98 valence electrons. The number of aromatic nitrogens is 2. The summed E-state index contributed by atoms with van der Waals surface area (Å²) in [7, 11) is 0. The summed E-state index contributed by atoms with van der Waals surface area (Å²) in [6, 6.07) is 10.1. The molecule has 4 nitrogen and oxygen atoms in total. The molecular formula is C14H15N3OS. The second kappa shape index (κ2) is 5.95. The van der Waals surface area contributed by atoms with Gasteiger partial charge in [-0.05, 0) is 18.2 Å². The predicted octanol–water partition coefficient (Wildman–Crippen LogP) is 3.04. The molecule has 0 atom stereocenters. The molecule has 0 fully saturated rings. The van der Waals surface area contributed by atoms with Gasteiger partial charge in [0.1, 0.15) is 0 Å². The Morgan fingerprint density at radius 3 is 3.05 bits per heavy atom. The first-order valence-corrected chi connectivity index (χ1v) is 7.20. The fourth-order valence-electron chi connectivity index (χ4n) is 1.84. The maximum absolute atomic E-state index is 5.01. The van der Waals surface area contributed by atoms with Gasteiger partial charge in [-0.25, -0.2) is 4.98 Å². The van der Waals surface area contributed by atoms with Crippen molar-refractivity contribution >= 4 is 22.8 Å². The molecule has 0 bridgehead atoms. The first-order valence-electron chi connectivity index (χ1n) is 6.21. The van der Waals surface area contributed by atoms with E-state index in [1.165, 1.54) is 5.56 Å². The van der Waals surface area contributed by atoms with E-state index in [1.807, 2.05) is 30.3 Å². The molecule has 2 heterocycles. The largest absolute Gasteiger partial charge is 0.472 e. The van der Waals surface area contributed by atoms with Gasteiger partial charge in [-0.15, -0.1) is 0 Å². The molecule has 0 aliphatic rings. The highest BCUT2D eigenvalue weighted by molar-refractivity contribution is 7.99. The number of imidazole rings is 1. The molecular weight excluding hydrogens is 258 g/mol. The Labute approximate surface area is 115 Å². The number of rotatable bonds is 6. The molecule has 19 heavy (non-hydrogen) atoms. The Morgan fingerprint density at radius 2 is 2.21 bits per heavy atom. The van der Waals surface area contributed by atoms with E-state index in [2.05, 4.69) is 15.3 Å². The number of furan rings is 1. The van der Waals surface area contributed by atoms with Crippen molar-refractivity contribution < 1.29 is 4.42 Å². The van der Waals surface area contributed by atoms with Gasteiger partial charge in [-0.2, -0.15) is 0 Å². The van der Waals surface area contributed by atoms with Gasteiger partial charge < -0.3 is 14.7 Å². The first kappa shape index (κ1) is 12.3. The monoisotopic (exact) mass is 273 g/mol. The lowest BCUT2D eigenvalue weighted by Gasteiger charge is -2.01. The summed E-state index contributed by atoms with van der Waals surface area (Å²) < 4.78 is 5.01. The van der Waals surface area contributed by atoms with Crippen LogP contribution in [0.3, 0.4) is 0 Å². The Morgan fingerprint density at radius 1 is 1.26 bits per heavy atom. The van der Waals surface area contributed by atoms with Crippen LogP contribution >= 0.6 is 11.8 Å². The molecule has 3 aromatic rings. The molecule has 0 saturated heterocycles. The highest BCUT2D eigenvalue weighted by Gasteiger charge is 2.01. The number of hydrogen-bond donors (Lipinski definition) is 2. The SMILES string of the molecule is c1ccc2[nH]c(SCCNCc3ccoc3)nc2c1. The Kier molecular flexibility index (Phi) is 3.86. The molecule has 0 aliphatic carbocycles. The number of fused-ring (bicyclic) bond motifs is 1. The van der Waals surface area contributed by atoms with E-state index in [0.29, 0.717) is 0 Å². The van der Waals surface area contributed by atoms with Gasteiger partial charge in [-0.1, -0.05) is 23.9 Å². The molecule has 2 aromatic heterocycles. The van der Waals surface area contributed by atoms with E-state index in [4.69, 9.17) is 4.42 Å². The first-order chi connectivity index (χ1) is 9.42. The average Bonchev–Trinajstić information content (AvgIpc) is 3.06. The number of para-hydroxylation sites is 2. The van der Waals surface area contributed by atoms with Crippen LogP contribution in [0, 0.1) is 0 Å². The van der Waals surface area contributed by atoms with Crippen molar-refractivity contribution in [3.63, 3.8) is 0 Å². The highest BCUT2D eigenvalue weighted by Crippen LogP contribution is 2.18. The molecule has 3 rings (SSSR count). The van der Waals surface area contributed by atoms with E-state index < -0.39 is 0 Å². The van der Waals surface area contributed by atoms with Crippen LogP contribution in [0.5, 0.6) is 0 Å². The van der Waals surface area contributed by atoms with E-state index in [1.54, 1.807) is 24.3 Å². The van der Waals surface area contributed by atoms with Crippen molar-refractivity contribution in [3.8, 4) is 0 Å². The van der Waals surface area contributed by atoms with Gasteiger partial charge in [-0.3, -0.25) is 0 Å². The number of nitrogens with one attached hydrogen (secondary N) is 2. The van der Waals surface area contributed by atoms with Crippen molar-refractivity contribution in [2.75, 3.05) is 12.3 Å². The molecule has 0 amide bonds. The van der Waals surface area contributed by atoms with Crippen LogP contribution in [-0.2, 0) is 6.54 Å². The van der Waals surface area contributed by atoms with Crippen LogP contribution in [-0.4, -0.2) is 22.3 Å². The molecule has 5 heteroatoms. The third-order valence-electron chi connectivity index (χ3n) is 2.79. The summed E-state index contributed by atoms with van der Waals surface area (Å²) in [4.78, 5) is 7.83. The fraction of sp³-hybridized carbons (Fsp3) is 0.214. The quantitative estimate of drug-likeness (QED) is 0.535. The summed E-state index contributed by atoms with van der Waals surface area (Å²) in [5.41, 5.74) is 3.29. The fourth-order valence-corrected chi connectivity index (χ4v) is 2.63. The average molecular weight is 273 g/mol. The zero-order chi connectivity index (χ0) is 12.9. The standard InChI is InChI=1S/C14H15N3OS/c1-2-4-13-12(3-1)16-14(17-13)19-8-6-15-9-11-5-7-18-10-11/h1-5,7,10,15H,6,8-9H2,(H,16,17). The van der Waals surface area contributed by atoms with Gasteiger partial charge in [0.05, 0.1) is 23.6 Å². The van der Waals surface area contributed by atoms with Crippen molar-refractivity contribution in [1.82, 2.24) is 15.3 Å². The summed E-state index contributed by atoms with van der Waals surface area (Å²) in [5.74, 6) is 0.984. The normalized spacial score (nSPS) is 11.2. The molecule has 0 saturated carbocycles. The summed E-state index contributed by atoms with van der Waals surface area (Å²) in [5, 5.41) is 4.35. The van der Waals surface area contributed by atoms with Crippen molar-refractivity contribution in [2.45, 2.75) is 11.7 Å². The van der Waals surface area contributed by atoms with Gasteiger partial charge >= 0.3 is 0 Å². The molecule has 2 N–H and O–H groups in total. The summed E-state index contributed by atoms with van der Waals surface area (Å²) in [6.07, 6.45) is 3.46. The molecule has 1 aromatic carbocycles. The number of H-pyrrole nitrogens is 1. The third kappa shape index (κ3) is 3.19. The smallest absolute Gasteiger partial charge is 0.166 e. The second-order valence-corrected chi connectivity index (χ2v) is 5.30. The molecule has 0 unspecified atom stereocenters. The van der Waals surface area contributed by atoms with Crippen LogP contribution in [0.25, 0.3) is 11.0 Å². The minimum Gasteiger partial charge on any atom is -0.472 e. The van der Waals surface area contributed by atoms with Crippen LogP contribution < -0.4 is 5.32 Å². The van der Waals surface area contributed by atoms with Gasteiger partial charge in [0.25, 0.3) is 0 Å². The number of thioether (sulfide) groups is 1. The van der Waals surface area contributed by atoms with Crippen LogP contribution in [0.4, 0.5) is 0 Å². The lowest BCUT2D eigenvalue weighted by Crippen LogP contribution is -2.16. The molecule has 0 aliphatic heterocycles. The third-order valence-corrected chi connectivity index (χ3v) is 3.67. The summed E-state index contributed by atoms with van der Waals surface area (Å²) >= 11 is 1.73. The lowest BCUT2D eigenvalue weighted by atomic mass is 10.3.